The third-order valence-corrected chi connectivity index (χ3v) is 4.30. The van der Waals surface area contributed by atoms with Crippen molar-refractivity contribution in [1.29, 1.82) is 0 Å². The Balaban J connectivity index is 1.74. The van der Waals surface area contributed by atoms with Crippen LogP contribution in [-0.2, 0) is 11.3 Å². The van der Waals surface area contributed by atoms with Crippen molar-refractivity contribution in [2.45, 2.75) is 12.6 Å². The number of hydrogen-bond acceptors (Lipinski definition) is 6. The summed E-state index contributed by atoms with van der Waals surface area (Å²) in [5.41, 5.74) is 2.30. The van der Waals surface area contributed by atoms with Gasteiger partial charge in [0.15, 0.2) is 5.82 Å². The van der Waals surface area contributed by atoms with Crippen molar-refractivity contribution in [2.75, 3.05) is 38.7 Å². The van der Waals surface area contributed by atoms with E-state index in [1.165, 1.54) is 5.56 Å². The highest BCUT2D eigenvalue weighted by atomic mass is 32.1. The topological polar surface area (TPSA) is 41.5 Å². The Hall–Kier alpha value is -1.50. The lowest BCUT2D eigenvalue weighted by Crippen LogP contribution is -2.38. The first-order chi connectivity index (χ1) is 10.2. The van der Waals surface area contributed by atoms with E-state index in [2.05, 4.69) is 31.7 Å². The lowest BCUT2D eigenvalue weighted by atomic mass is 10.1. The minimum absolute atomic E-state index is 0.0107. The van der Waals surface area contributed by atoms with Gasteiger partial charge in [0.05, 0.1) is 6.61 Å². The number of ether oxygens (including phenoxy) is 1. The average Bonchev–Trinajstić information content (AvgIpc) is 3.00. The van der Waals surface area contributed by atoms with E-state index in [1.54, 1.807) is 23.7 Å². The molecule has 1 unspecified atom stereocenters. The maximum Gasteiger partial charge on any atom is 0.152 e. The van der Waals surface area contributed by atoms with Gasteiger partial charge in [-0.05, 0) is 22.4 Å². The molecule has 3 heterocycles. The molecule has 6 heteroatoms. The molecule has 1 aliphatic heterocycles. The van der Waals surface area contributed by atoms with E-state index < -0.39 is 0 Å². The van der Waals surface area contributed by atoms with Crippen molar-refractivity contribution >= 4 is 17.2 Å². The van der Waals surface area contributed by atoms with Gasteiger partial charge in [0, 0.05) is 46.1 Å². The summed E-state index contributed by atoms with van der Waals surface area (Å²) in [6.07, 6.45) is 3.46. The summed E-state index contributed by atoms with van der Waals surface area (Å²) < 4.78 is 5.94. The van der Waals surface area contributed by atoms with Crippen molar-refractivity contribution in [2.24, 2.45) is 0 Å². The van der Waals surface area contributed by atoms with Gasteiger partial charge in [-0.2, -0.15) is 11.3 Å². The second-order valence-electron chi connectivity index (χ2n) is 5.39. The van der Waals surface area contributed by atoms with Gasteiger partial charge in [-0.1, -0.05) is 0 Å². The quantitative estimate of drug-likeness (QED) is 0.866. The van der Waals surface area contributed by atoms with Crippen LogP contribution in [0.25, 0.3) is 0 Å². The van der Waals surface area contributed by atoms with Crippen LogP contribution in [0.3, 0.4) is 0 Å². The first-order valence-corrected chi connectivity index (χ1v) is 8.01. The summed E-state index contributed by atoms with van der Waals surface area (Å²) in [6, 6.07) is 2.18. The highest BCUT2D eigenvalue weighted by Crippen LogP contribution is 2.27. The minimum atomic E-state index is -0.0107. The molecule has 5 nitrogen and oxygen atoms in total. The molecule has 0 aromatic carbocycles. The second-order valence-corrected chi connectivity index (χ2v) is 6.17. The van der Waals surface area contributed by atoms with E-state index in [-0.39, 0.29) is 6.10 Å². The van der Waals surface area contributed by atoms with Crippen LogP contribution >= 0.6 is 11.3 Å². The Morgan fingerprint density at radius 3 is 3.00 bits per heavy atom. The molecule has 21 heavy (non-hydrogen) atoms. The zero-order chi connectivity index (χ0) is 14.7. The van der Waals surface area contributed by atoms with E-state index in [1.807, 2.05) is 19.0 Å². The lowest BCUT2D eigenvalue weighted by Gasteiger charge is -2.33. The Morgan fingerprint density at radius 1 is 1.38 bits per heavy atom. The van der Waals surface area contributed by atoms with Crippen LogP contribution in [0.2, 0.25) is 0 Å². The van der Waals surface area contributed by atoms with Crippen molar-refractivity contribution in [3.05, 3.63) is 40.5 Å². The zero-order valence-electron chi connectivity index (χ0n) is 12.4. The molecule has 0 aliphatic carbocycles. The van der Waals surface area contributed by atoms with Crippen molar-refractivity contribution in [1.82, 2.24) is 14.9 Å². The molecule has 0 amide bonds. The van der Waals surface area contributed by atoms with E-state index in [0.29, 0.717) is 0 Å². The number of aromatic nitrogens is 2. The molecule has 1 atom stereocenters. The fourth-order valence-corrected chi connectivity index (χ4v) is 3.23. The van der Waals surface area contributed by atoms with Crippen molar-refractivity contribution < 1.29 is 4.74 Å². The maximum absolute atomic E-state index is 5.94. The SMILES string of the molecule is CN(C)c1nccnc1C1CN(Cc2ccsc2)CCO1. The molecule has 0 bridgehead atoms. The molecule has 112 valence electrons. The summed E-state index contributed by atoms with van der Waals surface area (Å²) in [5, 5.41) is 4.33. The molecule has 0 spiro atoms. The molecule has 3 rings (SSSR count). The molecule has 1 aliphatic rings. The summed E-state index contributed by atoms with van der Waals surface area (Å²) in [4.78, 5) is 13.3. The highest BCUT2D eigenvalue weighted by Gasteiger charge is 2.26. The molecular weight excluding hydrogens is 284 g/mol. The molecule has 0 saturated carbocycles. The van der Waals surface area contributed by atoms with Crippen LogP contribution in [0.4, 0.5) is 5.82 Å². The van der Waals surface area contributed by atoms with E-state index in [0.717, 1.165) is 37.8 Å². The summed E-state index contributed by atoms with van der Waals surface area (Å²) >= 11 is 1.74. The number of hydrogen-bond donors (Lipinski definition) is 0. The highest BCUT2D eigenvalue weighted by molar-refractivity contribution is 7.07. The first-order valence-electron chi connectivity index (χ1n) is 7.07. The van der Waals surface area contributed by atoms with Crippen molar-refractivity contribution in [3.63, 3.8) is 0 Å². The van der Waals surface area contributed by atoms with Crippen LogP contribution in [-0.4, -0.2) is 48.7 Å². The second kappa shape index (κ2) is 6.51. The Bertz CT molecular complexity index is 573. The van der Waals surface area contributed by atoms with Crippen LogP contribution < -0.4 is 4.90 Å². The number of thiophene rings is 1. The smallest absolute Gasteiger partial charge is 0.152 e. The van der Waals surface area contributed by atoms with Crippen LogP contribution in [0.1, 0.15) is 17.4 Å². The van der Waals surface area contributed by atoms with Crippen molar-refractivity contribution in [3.8, 4) is 0 Å². The van der Waals surface area contributed by atoms with Gasteiger partial charge in [-0.3, -0.25) is 9.88 Å². The standard InChI is InChI=1S/C15H20N4OS/c1-18(2)15-14(16-4-5-17-15)13-10-19(6-7-20-13)9-12-3-8-21-11-12/h3-5,8,11,13H,6-7,9-10H2,1-2H3. The maximum atomic E-state index is 5.94. The zero-order valence-corrected chi connectivity index (χ0v) is 13.2. The van der Waals surface area contributed by atoms with Crippen LogP contribution in [0.15, 0.2) is 29.2 Å². The minimum Gasteiger partial charge on any atom is -0.369 e. The number of rotatable bonds is 4. The number of anilines is 1. The molecule has 2 aromatic rings. The van der Waals surface area contributed by atoms with Crippen LogP contribution in [0.5, 0.6) is 0 Å². The van der Waals surface area contributed by atoms with E-state index in [9.17, 15) is 0 Å². The van der Waals surface area contributed by atoms with Gasteiger partial charge >= 0.3 is 0 Å². The molecule has 2 aromatic heterocycles. The molecule has 1 saturated heterocycles. The van der Waals surface area contributed by atoms with Gasteiger partial charge in [0.1, 0.15) is 11.8 Å². The lowest BCUT2D eigenvalue weighted by molar-refractivity contribution is -0.0348. The third kappa shape index (κ3) is 3.40. The van der Waals surface area contributed by atoms with E-state index in [4.69, 9.17) is 4.74 Å². The summed E-state index contributed by atoms with van der Waals surface area (Å²) in [6.45, 7) is 3.53. The monoisotopic (exact) mass is 304 g/mol. The van der Waals surface area contributed by atoms with Gasteiger partial charge in [0.2, 0.25) is 0 Å². The van der Waals surface area contributed by atoms with Crippen LogP contribution in [0, 0.1) is 0 Å². The largest absolute Gasteiger partial charge is 0.369 e. The Morgan fingerprint density at radius 2 is 2.24 bits per heavy atom. The molecule has 1 fully saturated rings. The molecule has 0 radical (unpaired) electrons. The fraction of sp³-hybridized carbons (Fsp3) is 0.467. The Labute approximate surface area is 129 Å². The van der Waals surface area contributed by atoms with E-state index >= 15 is 0 Å². The summed E-state index contributed by atoms with van der Waals surface area (Å²) in [7, 11) is 3.97. The molecular formula is C15H20N4OS. The van der Waals surface area contributed by atoms with Gasteiger partial charge in [-0.25, -0.2) is 4.98 Å². The first kappa shape index (κ1) is 14.4. The summed E-state index contributed by atoms with van der Waals surface area (Å²) in [5.74, 6) is 0.889. The van der Waals surface area contributed by atoms with Gasteiger partial charge < -0.3 is 9.64 Å². The number of morpholine rings is 1. The number of nitrogens with zero attached hydrogens (tertiary/aromatic N) is 4. The normalized spacial score (nSPS) is 19.6. The Kier molecular flexibility index (Phi) is 4.48. The van der Waals surface area contributed by atoms with Gasteiger partial charge in [-0.15, -0.1) is 0 Å². The molecule has 0 N–H and O–H groups in total. The third-order valence-electron chi connectivity index (χ3n) is 3.57. The van der Waals surface area contributed by atoms with Gasteiger partial charge in [0.25, 0.3) is 0 Å². The predicted octanol–water partition coefficient (Wildman–Crippen LogP) is 2.18. The average molecular weight is 304 g/mol. The predicted molar refractivity (Wildman–Crippen MR) is 84.6 cm³/mol. The fourth-order valence-electron chi connectivity index (χ4n) is 2.57.